The molecule has 30 heavy (non-hydrogen) atoms. The molecule has 9 heteroatoms. The summed E-state index contributed by atoms with van der Waals surface area (Å²) in [4.78, 5) is 17.5. The first-order valence-corrected chi connectivity index (χ1v) is 12.6. The molecule has 2 aliphatic rings. The number of rotatable bonds is 6. The van der Waals surface area contributed by atoms with Crippen LogP contribution in [-0.2, 0) is 14.8 Å². The molecule has 1 aliphatic carbocycles. The molecular formula is C21H36N4O4S. The van der Waals surface area contributed by atoms with Crippen molar-refractivity contribution < 1.29 is 17.7 Å². The lowest BCUT2D eigenvalue weighted by molar-refractivity contribution is -0.137. The zero-order valence-electron chi connectivity index (χ0n) is 18.8. The van der Waals surface area contributed by atoms with Gasteiger partial charge in [0.25, 0.3) is 0 Å². The van der Waals surface area contributed by atoms with Gasteiger partial charge < -0.3 is 9.42 Å². The average molecular weight is 441 g/mol. The van der Waals surface area contributed by atoms with Crippen LogP contribution in [0.1, 0.15) is 63.8 Å². The molecule has 0 N–H and O–H groups in total. The molecule has 170 valence electrons. The summed E-state index contributed by atoms with van der Waals surface area (Å²) in [6.07, 6.45) is 6.53. The summed E-state index contributed by atoms with van der Waals surface area (Å²) in [5, 5.41) is 3.79. The highest BCUT2D eigenvalue weighted by Gasteiger charge is 2.33. The van der Waals surface area contributed by atoms with E-state index in [2.05, 4.69) is 28.8 Å². The maximum Gasteiger partial charge on any atom is 0.248 e. The van der Waals surface area contributed by atoms with E-state index in [1.54, 1.807) is 13.8 Å². The molecule has 1 amide bonds. The summed E-state index contributed by atoms with van der Waals surface area (Å²) in [6.45, 7) is 9.88. The van der Waals surface area contributed by atoms with Crippen LogP contribution >= 0.6 is 0 Å². The van der Waals surface area contributed by atoms with Crippen LogP contribution in [0.5, 0.6) is 0 Å². The molecule has 1 aromatic rings. The Hall–Kier alpha value is -1.45. The van der Waals surface area contributed by atoms with Gasteiger partial charge >= 0.3 is 0 Å². The number of hydrogen-bond acceptors (Lipinski definition) is 6. The molecule has 8 nitrogen and oxygen atoms in total. The Balaban J connectivity index is 1.64. The summed E-state index contributed by atoms with van der Waals surface area (Å²) < 4.78 is 32.8. The van der Waals surface area contributed by atoms with Crippen LogP contribution in [0.15, 0.2) is 9.42 Å². The quantitative estimate of drug-likeness (QED) is 0.676. The Labute approximate surface area is 180 Å². The second-order valence-electron chi connectivity index (χ2n) is 8.87. The molecular weight excluding hydrogens is 404 g/mol. The van der Waals surface area contributed by atoms with Crippen LogP contribution in [-0.4, -0.2) is 78.4 Å². The molecule has 0 spiro atoms. The Morgan fingerprint density at radius 3 is 2.40 bits per heavy atom. The van der Waals surface area contributed by atoms with Crippen molar-refractivity contribution in [1.29, 1.82) is 0 Å². The maximum absolute atomic E-state index is 13.2. The van der Waals surface area contributed by atoms with Gasteiger partial charge in [-0.05, 0) is 53.5 Å². The standard InChI is InChI=1S/C21H36N4O4S/c1-16(2)25(19-9-6-5-7-10-19)20(26)15-23-11-8-12-24(14-13-23)30(27,28)21-17(3)22-29-18(21)4/h16,19H,5-15H2,1-4H3. The van der Waals surface area contributed by atoms with Crippen LogP contribution in [0.2, 0.25) is 0 Å². The van der Waals surface area contributed by atoms with Gasteiger partial charge in [-0.1, -0.05) is 24.4 Å². The number of nitrogens with zero attached hydrogens (tertiary/aromatic N) is 4. The summed E-state index contributed by atoms with van der Waals surface area (Å²) in [7, 11) is -3.65. The molecule has 0 bridgehead atoms. The van der Waals surface area contributed by atoms with Crippen molar-refractivity contribution in [1.82, 2.24) is 19.3 Å². The van der Waals surface area contributed by atoms with E-state index >= 15 is 0 Å². The minimum Gasteiger partial charge on any atom is -0.360 e. The largest absolute Gasteiger partial charge is 0.360 e. The lowest BCUT2D eigenvalue weighted by atomic mass is 9.93. The van der Waals surface area contributed by atoms with Crippen molar-refractivity contribution in [2.24, 2.45) is 0 Å². The van der Waals surface area contributed by atoms with E-state index in [0.29, 0.717) is 50.1 Å². The maximum atomic E-state index is 13.2. The van der Waals surface area contributed by atoms with E-state index in [-0.39, 0.29) is 16.8 Å². The van der Waals surface area contributed by atoms with Gasteiger partial charge in [-0.15, -0.1) is 0 Å². The molecule has 1 aliphatic heterocycles. The van der Waals surface area contributed by atoms with Gasteiger partial charge in [0.2, 0.25) is 15.9 Å². The molecule has 0 aromatic carbocycles. The first-order chi connectivity index (χ1) is 14.2. The van der Waals surface area contributed by atoms with Gasteiger partial charge in [0.05, 0.1) is 6.54 Å². The lowest BCUT2D eigenvalue weighted by Gasteiger charge is -2.38. The fraction of sp³-hybridized carbons (Fsp3) is 0.810. The molecule has 1 saturated carbocycles. The van der Waals surface area contributed by atoms with Crippen LogP contribution in [0.25, 0.3) is 0 Å². The Morgan fingerprint density at radius 2 is 1.80 bits per heavy atom. The molecule has 0 unspecified atom stereocenters. The van der Waals surface area contributed by atoms with E-state index < -0.39 is 10.0 Å². The third kappa shape index (κ3) is 5.06. The van der Waals surface area contributed by atoms with Crippen LogP contribution in [0.3, 0.4) is 0 Å². The van der Waals surface area contributed by atoms with Crippen LogP contribution in [0.4, 0.5) is 0 Å². The molecule has 1 saturated heterocycles. The van der Waals surface area contributed by atoms with Gasteiger partial charge in [-0.3, -0.25) is 9.69 Å². The normalized spacial score (nSPS) is 20.4. The summed E-state index contributed by atoms with van der Waals surface area (Å²) >= 11 is 0. The highest BCUT2D eigenvalue weighted by Crippen LogP contribution is 2.26. The third-order valence-electron chi connectivity index (χ3n) is 6.28. The first-order valence-electron chi connectivity index (χ1n) is 11.2. The minimum atomic E-state index is -3.65. The highest BCUT2D eigenvalue weighted by molar-refractivity contribution is 7.89. The summed E-state index contributed by atoms with van der Waals surface area (Å²) in [6, 6.07) is 0.527. The Morgan fingerprint density at radius 1 is 1.10 bits per heavy atom. The van der Waals surface area contributed by atoms with Crippen molar-refractivity contribution in [2.45, 2.75) is 83.2 Å². The van der Waals surface area contributed by atoms with Gasteiger partial charge in [-0.25, -0.2) is 8.42 Å². The van der Waals surface area contributed by atoms with Crippen LogP contribution in [0, 0.1) is 13.8 Å². The van der Waals surface area contributed by atoms with Crippen molar-refractivity contribution in [3.8, 4) is 0 Å². The van der Waals surface area contributed by atoms with Crippen molar-refractivity contribution in [3.63, 3.8) is 0 Å². The van der Waals surface area contributed by atoms with Crippen molar-refractivity contribution in [2.75, 3.05) is 32.7 Å². The van der Waals surface area contributed by atoms with E-state index in [1.165, 1.54) is 23.6 Å². The van der Waals surface area contributed by atoms with Gasteiger partial charge in [0.15, 0.2) is 5.76 Å². The molecule has 0 atom stereocenters. The Bertz CT molecular complexity index is 811. The van der Waals surface area contributed by atoms with Crippen molar-refractivity contribution >= 4 is 15.9 Å². The lowest BCUT2D eigenvalue weighted by Crippen LogP contribution is -2.50. The van der Waals surface area contributed by atoms with E-state index in [9.17, 15) is 13.2 Å². The predicted molar refractivity (Wildman–Crippen MR) is 115 cm³/mol. The number of carbonyl (C=O) groups excluding carboxylic acids is 1. The molecule has 3 rings (SSSR count). The second-order valence-corrected chi connectivity index (χ2v) is 10.7. The highest BCUT2D eigenvalue weighted by atomic mass is 32.2. The predicted octanol–water partition coefficient (Wildman–Crippen LogP) is 2.56. The number of aromatic nitrogens is 1. The third-order valence-corrected chi connectivity index (χ3v) is 8.43. The summed E-state index contributed by atoms with van der Waals surface area (Å²) in [5.74, 6) is 0.489. The smallest absolute Gasteiger partial charge is 0.248 e. The van der Waals surface area contributed by atoms with Gasteiger partial charge in [0.1, 0.15) is 10.6 Å². The monoisotopic (exact) mass is 440 g/mol. The molecule has 2 heterocycles. The molecule has 2 fully saturated rings. The number of sulfonamides is 1. The average Bonchev–Trinajstić information content (AvgIpc) is 2.88. The van der Waals surface area contributed by atoms with E-state index in [1.807, 2.05) is 0 Å². The van der Waals surface area contributed by atoms with E-state index in [4.69, 9.17) is 4.52 Å². The first kappa shape index (κ1) is 23.2. The fourth-order valence-electron chi connectivity index (χ4n) is 4.86. The summed E-state index contributed by atoms with van der Waals surface area (Å²) in [5.41, 5.74) is 0.392. The fourth-order valence-corrected chi connectivity index (χ4v) is 6.62. The van der Waals surface area contributed by atoms with Crippen LogP contribution < -0.4 is 0 Å². The SMILES string of the molecule is Cc1noc(C)c1S(=O)(=O)N1CCCN(CC(=O)N(C(C)C)C2CCCCC2)CC1. The molecule has 0 radical (unpaired) electrons. The van der Waals surface area contributed by atoms with Gasteiger partial charge in [0, 0.05) is 31.7 Å². The number of hydrogen-bond donors (Lipinski definition) is 0. The number of aryl methyl sites for hydroxylation is 2. The number of amides is 1. The zero-order valence-corrected chi connectivity index (χ0v) is 19.6. The topological polar surface area (TPSA) is 87.0 Å². The number of carbonyl (C=O) groups is 1. The molecule has 1 aromatic heterocycles. The second kappa shape index (κ2) is 9.78. The minimum absolute atomic E-state index is 0.166. The Kier molecular flexibility index (Phi) is 7.57. The van der Waals surface area contributed by atoms with E-state index in [0.717, 1.165) is 19.4 Å². The zero-order chi connectivity index (χ0) is 21.9. The van der Waals surface area contributed by atoms with Gasteiger partial charge in [-0.2, -0.15) is 4.31 Å². The van der Waals surface area contributed by atoms with Crippen molar-refractivity contribution in [3.05, 3.63) is 11.5 Å².